The summed E-state index contributed by atoms with van der Waals surface area (Å²) in [6.45, 7) is -0.231. The number of hydrogen-bond donors (Lipinski definition) is 2. The number of sulfone groups is 1. The van der Waals surface area contributed by atoms with Crippen molar-refractivity contribution in [3.05, 3.63) is 71.2 Å². The number of pyridine rings is 1. The van der Waals surface area contributed by atoms with Gasteiger partial charge < -0.3 is 4.57 Å². The number of carbonyl (C=O) groups excluding carboxylic acids is 1. The predicted octanol–water partition coefficient (Wildman–Crippen LogP) is 1.42. The van der Waals surface area contributed by atoms with Gasteiger partial charge in [0.25, 0.3) is 11.5 Å². The summed E-state index contributed by atoms with van der Waals surface area (Å²) < 4.78 is 39.1. The zero-order valence-electron chi connectivity index (χ0n) is 16.4. The largest absolute Gasteiger partial charge is 0.312 e. The van der Waals surface area contributed by atoms with Crippen LogP contribution in [0.2, 0.25) is 0 Å². The van der Waals surface area contributed by atoms with Crippen LogP contribution >= 0.6 is 0 Å². The van der Waals surface area contributed by atoms with Gasteiger partial charge in [0.2, 0.25) is 0 Å². The highest BCUT2D eigenvalue weighted by atomic mass is 32.2. The summed E-state index contributed by atoms with van der Waals surface area (Å²) in [6.07, 6.45) is 4.70. The maximum absolute atomic E-state index is 14.7. The third-order valence-electron chi connectivity index (χ3n) is 4.65. The average molecular weight is 446 g/mol. The van der Waals surface area contributed by atoms with Crippen molar-refractivity contribution in [3.63, 3.8) is 0 Å². The molecule has 11 heteroatoms. The summed E-state index contributed by atoms with van der Waals surface area (Å²) in [4.78, 5) is 32.3. The second-order valence-electron chi connectivity index (χ2n) is 6.80. The van der Waals surface area contributed by atoms with E-state index in [1.54, 1.807) is 42.7 Å². The third kappa shape index (κ3) is 5.19. The van der Waals surface area contributed by atoms with E-state index in [1.807, 2.05) is 0 Å². The molecule has 0 spiro atoms. The molecule has 1 atom stereocenters. The molecule has 1 amide bonds. The predicted molar refractivity (Wildman–Crippen MR) is 110 cm³/mol. The Kier molecular flexibility index (Phi) is 6.56. The lowest BCUT2D eigenvalue weighted by atomic mass is 10.0. The molecule has 0 radical (unpaired) electrons. The van der Waals surface area contributed by atoms with Gasteiger partial charge in [0.15, 0.2) is 15.7 Å². The van der Waals surface area contributed by atoms with Crippen LogP contribution in [0.25, 0.3) is 22.5 Å². The molecule has 1 aromatic carbocycles. The van der Waals surface area contributed by atoms with Gasteiger partial charge in [-0.25, -0.2) is 28.3 Å². The van der Waals surface area contributed by atoms with Gasteiger partial charge in [-0.2, -0.15) is 0 Å². The van der Waals surface area contributed by atoms with E-state index in [2.05, 4.69) is 9.97 Å². The number of carbonyl (C=O) groups is 1. The molecule has 31 heavy (non-hydrogen) atoms. The SMILES string of the molecule is CS(=O)(=O)[C@H](CCn1cc(F)c(-c2ccc(-c3ncccn3)cc2)cc1=O)C(=O)NO. The van der Waals surface area contributed by atoms with Gasteiger partial charge >= 0.3 is 0 Å². The van der Waals surface area contributed by atoms with Gasteiger partial charge in [0, 0.05) is 48.6 Å². The number of aryl methyl sites for hydroxylation is 1. The standard InChI is InChI=1S/C20H19FN4O5S/c1-31(29,30)17(20(27)24-28)7-10-25-12-16(21)15(11-18(25)26)13-3-5-14(6-4-13)19-22-8-2-9-23-19/h2-6,8-9,11-12,17,28H,7,10H2,1H3,(H,24,27)/t17-/m1/s1. The molecule has 0 aliphatic carbocycles. The minimum atomic E-state index is -3.84. The molecule has 9 nitrogen and oxygen atoms in total. The molecule has 0 saturated carbocycles. The summed E-state index contributed by atoms with van der Waals surface area (Å²) in [5, 5.41) is 7.15. The Balaban J connectivity index is 1.84. The zero-order chi connectivity index (χ0) is 22.6. The number of rotatable bonds is 7. The molecule has 3 rings (SSSR count). The van der Waals surface area contributed by atoms with Crippen LogP contribution in [0.1, 0.15) is 6.42 Å². The molecule has 2 aromatic heterocycles. The van der Waals surface area contributed by atoms with E-state index >= 15 is 0 Å². The van der Waals surface area contributed by atoms with Crippen molar-refractivity contribution in [1.82, 2.24) is 20.0 Å². The summed E-state index contributed by atoms with van der Waals surface area (Å²) in [5.74, 6) is -1.29. The zero-order valence-corrected chi connectivity index (χ0v) is 17.2. The van der Waals surface area contributed by atoms with Crippen LogP contribution < -0.4 is 11.0 Å². The minimum Gasteiger partial charge on any atom is -0.312 e. The average Bonchev–Trinajstić information content (AvgIpc) is 2.75. The van der Waals surface area contributed by atoms with E-state index in [9.17, 15) is 22.4 Å². The molecular weight excluding hydrogens is 427 g/mol. The first-order valence-electron chi connectivity index (χ1n) is 9.11. The summed E-state index contributed by atoms with van der Waals surface area (Å²) in [6, 6.07) is 9.49. The maximum Gasteiger partial charge on any atom is 0.261 e. The number of amides is 1. The first kappa shape index (κ1) is 22.2. The van der Waals surface area contributed by atoms with Crippen molar-refractivity contribution in [1.29, 1.82) is 0 Å². The minimum absolute atomic E-state index is 0.0783. The molecule has 0 saturated heterocycles. The second kappa shape index (κ2) is 9.14. The van der Waals surface area contributed by atoms with Gasteiger partial charge in [-0.1, -0.05) is 24.3 Å². The van der Waals surface area contributed by atoms with E-state index in [-0.39, 0.29) is 18.5 Å². The smallest absolute Gasteiger partial charge is 0.261 e. The van der Waals surface area contributed by atoms with E-state index in [1.165, 1.54) is 5.48 Å². The number of benzene rings is 1. The lowest BCUT2D eigenvalue weighted by Crippen LogP contribution is -2.39. The molecule has 162 valence electrons. The third-order valence-corrected chi connectivity index (χ3v) is 6.13. The lowest BCUT2D eigenvalue weighted by molar-refractivity contribution is -0.128. The van der Waals surface area contributed by atoms with Crippen molar-refractivity contribution in [3.8, 4) is 22.5 Å². The molecule has 0 aliphatic heterocycles. The van der Waals surface area contributed by atoms with Crippen molar-refractivity contribution in [2.45, 2.75) is 18.2 Å². The molecule has 0 unspecified atom stereocenters. The van der Waals surface area contributed by atoms with E-state index in [0.717, 1.165) is 28.6 Å². The second-order valence-corrected chi connectivity index (χ2v) is 9.03. The lowest BCUT2D eigenvalue weighted by Gasteiger charge is -2.14. The van der Waals surface area contributed by atoms with E-state index in [0.29, 0.717) is 11.4 Å². The van der Waals surface area contributed by atoms with Crippen LogP contribution in [0.4, 0.5) is 4.39 Å². The Morgan fingerprint density at radius 3 is 2.39 bits per heavy atom. The first-order valence-corrected chi connectivity index (χ1v) is 11.1. The van der Waals surface area contributed by atoms with Gasteiger partial charge in [-0.05, 0) is 18.1 Å². The molecule has 3 aromatic rings. The Labute approximate surface area is 177 Å². The van der Waals surface area contributed by atoms with Gasteiger partial charge in [0.05, 0.1) is 0 Å². The van der Waals surface area contributed by atoms with Gasteiger partial charge in [-0.15, -0.1) is 0 Å². The van der Waals surface area contributed by atoms with Crippen molar-refractivity contribution >= 4 is 15.7 Å². The molecule has 0 bridgehead atoms. The first-order chi connectivity index (χ1) is 14.7. The van der Waals surface area contributed by atoms with Gasteiger partial charge in [-0.3, -0.25) is 14.8 Å². The highest BCUT2D eigenvalue weighted by Gasteiger charge is 2.28. The fourth-order valence-electron chi connectivity index (χ4n) is 3.06. The normalized spacial score (nSPS) is 12.4. The highest BCUT2D eigenvalue weighted by Crippen LogP contribution is 2.24. The Morgan fingerprint density at radius 2 is 1.81 bits per heavy atom. The molecular formula is C20H19FN4O5S. The van der Waals surface area contributed by atoms with Crippen LogP contribution in [0.15, 0.2) is 59.8 Å². The van der Waals surface area contributed by atoms with Crippen LogP contribution in [-0.2, 0) is 21.2 Å². The number of halogens is 1. The van der Waals surface area contributed by atoms with Crippen LogP contribution in [0, 0.1) is 5.82 Å². The highest BCUT2D eigenvalue weighted by molar-refractivity contribution is 7.92. The van der Waals surface area contributed by atoms with Crippen LogP contribution in [0.3, 0.4) is 0 Å². The molecule has 0 fully saturated rings. The topological polar surface area (TPSA) is 131 Å². The quantitative estimate of drug-likeness (QED) is 0.414. The number of nitrogens with zero attached hydrogens (tertiary/aromatic N) is 3. The van der Waals surface area contributed by atoms with Gasteiger partial charge in [0.1, 0.15) is 11.1 Å². The Hall–Kier alpha value is -3.44. The summed E-state index contributed by atoms with van der Waals surface area (Å²) >= 11 is 0. The molecule has 0 aliphatic rings. The Morgan fingerprint density at radius 1 is 1.19 bits per heavy atom. The summed E-state index contributed by atoms with van der Waals surface area (Å²) in [7, 11) is -3.84. The Bertz CT molecular complexity index is 1240. The molecule has 2 heterocycles. The number of aromatic nitrogens is 3. The number of nitrogens with one attached hydrogen (secondary N) is 1. The van der Waals surface area contributed by atoms with Crippen molar-refractivity contribution in [2.24, 2.45) is 0 Å². The number of hydrogen-bond acceptors (Lipinski definition) is 7. The number of hydroxylamine groups is 1. The van der Waals surface area contributed by atoms with Crippen LogP contribution in [0.5, 0.6) is 0 Å². The summed E-state index contributed by atoms with van der Waals surface area (Å²) in [5.41, 5.74) is 2.00. The van der Waals surface area contributed by atoms with Crippen LogP contribution in [-0.4, -0.2) is 45.6 Å². The van der Waals surface area contributed by atoms with Crippen molar-refractivity contribution in [2.75, 3.05) is 6.26 Å². The molecule has 2 N–H and O–H groups in total. The monoisotopic (exact) mass is 446 g/mol. The fourth-order valence-corrected chi connectivity index (χ4v) is 4.03. The fraction of sp³-hybridized carbons (Fsp3) is 0.200. The van der Waals surface area contributed by atoms with Crippen molar-refractivity contribution < 1.29 is 22.8 Å². The van der Waals surface area contributed by atoms with E-state index in [4.69, 9.17) is 5.21 Å². The van der Waals surface area contributed by atoms with E-state index < -0.39 is 32.4 Å². The maximum atomic E-state index is 14.7.